The van der Waals surface area contributed by atoms with Crippen molar-refractivity contribution >= 4 is 35.5 Å². The quantitative estimate of drug-likeness (QED) is 0.0677. The first-order valence-electron chi connectivity index (χ1n) is 15.1. The molecule has 0 radical (unpaired) electrons. The molecule has 4 aromatic rings. The smallest absolute Gasteiger partial charge is 0.420 e. The lowest BCUT2D eigenvalue weighted by molar-refractivity contribution is -0.143. The van der Waals surface area contributed by atoms with Crippen molar-refractivity contribution in [1.29, 1.82) is 0 Å². The molecule has 0 aliphatic carbocycles. The van der Waals surface area contributed by atoms with Crippen LogP contribution in [0.25, 0.3) is 11.1 Å². The average Bonchev–Trinajstić information content (AvgIpc) is 3.04. The van der Waals surface area contributed by atoms with Gasteiger partial charge in [0.2, 0.25) is 0 Å². The lowest BCUT2D eigenvalue weighted by Gasteiger charge is -2.14. The van der Waals surface area contributed by atoms with E-state index >= 15 is 0 Å². The predicted molar refractivity (Wildman–Crippen MR) is 177 cm³/mol. The van der Waals surface area contributed by atoms with E-state index in [1.54, 1.807) is 0 Å². The molecule has 0 fully saturated rings. The normalized spacial score (nSPS) is 11.8. The molecule has 0 aromatic heterocycles. The van der Waals surface area contributed by atoms with Gasteiger partial charge in [-0.15, -0.1) is 23.5 Å². The van der Waals surface area contributed by atoms with Gasteiger partial charge in [-0.1, -0.05) is 54.6 Å². The number of rotatable bonds is 16. The molecule has 5 nitrogen and oxygen atoms in total. The van der Waals surface area contributed by atoms with Crippen LogP contribution in [0, 0.1) is 0 Å². The van der Waals surface area contributed by atoms with Crippen molar-refractivity contribution in [2.75, 3.05) is 18.1 Å². The summed E-state index contributed by atoms with van der Waals surface area (Å²) >= 11 is 2.58. The monoisotopic (exact) mass is 722 g/mol. The van der Waals surface area contributed by atoms with E-state index in [-0.39, 0.29) is 5.56 Å². The number of halogens is 6. The Morgan fingerprint density at radius 2 is 1.08 bits per heavy atom. The van der Waals surface area contributed by atoms with Gasteiger partial charge >= 0.3 is 24.3 Å². The highest BCUT2D eigenvalue weighted by molar-refractivity contribution is 7.99. The summed E-state index contributed by atoms with van der Waals surface area (Å²) in [6, 6.07) is 23.5. The van der Waals surface area contributed by atoms with E-state index in [0.29, 0.717) is 21.3 Å². The number of aryl methyl sites for hydroxylation is 2. The Morgan fingerprint density at radius 3 is 1.53 bits per heavy atom. The van der Waals surface area contributed by atoms with Crippen molar-refractivity contribution in [3.8, 4) is 16.9 Å². The molecule has 0 unspecified atom stereocenters. The second kappa shape index (κ2) is 17.0. The molecule has 4 aromatic carbocycles. The van der Waals surface area contributed by atoms with E-state index in [0.717, 1.165) is 66.1 Å². The maximum absolute atomic E-state index is 13.5. The first-order valence-corrected chi connectivity index (χ1v) is 17.1. The summed E-state index contributed by atoms with van der Waals surface area (Å²) in [5.74, 6) is -2.01. The molecule has 0 atom stereocenters. The highest BCUT2D eigenvalue weighted by Crippen LogP contribution is 2.39. The van der Waals surface area contributed by atoms with Crippen molar-refractivity contribution in [3.63, 3.8) is 0 Å². The van der Waals surface area contributed by atoms with Crippen LogP contribution in [0.3, 0.4) is 0 Å². The van der Waals surface area contributed by atoms with Gasteiger partial charge in [-0.2, -0.15) is 26.3 Å². The third-order valence-electron chi connectivity index (χ3n) is 7.33. The molecule has 49 heavy (non-hydrogen) atoms. The number of benzene rings is 4. The number of hydrogen-bond donors (Lipinski definition) is 2. The number of aliphatic carboxylic acids is 2. The Bertz CT molecular complexity index is 1720. The molecule has 0 aliphatic rings. The number of carboxylic acids is 2. The summed E-state index contributed by atoms with van der Waals surface area (Å²) in [6.07, 6.45) is -7.04. The van der Waals surface area contributed by atoms with Crippen LogP contribution in [0.2, 0.25) is 0 Å². The minimum atomic E-state index is -4.68. The van der Waals surface area contributed by atoms with E-state index < -0.39 is 54.2 Å². The summed E-state index contributed by atoms with van der Waals surface area (Å²) in [5, 5.41) is 17.6. The van der Waals surface area contributed by atoms with Gasteiger partial charge in [-0.25, -0.2) is 4.79 Å². The summed E-state index contributed by atoms with van der Waals surface area (Å²) in [7, 11) is 0. The molecule has 0 bridgehead atoms. The van der Waals surface area contributed by atoms with E-state index in [1.807, 2.05) is 48.5 Å². The van der Waals surface area contributed by atoms with Gasteiger partial charge in [0.25, 0.3) is 0 Å². The number of thioether (sulfide) groups is 2. The maximum Gasteiger partial charge on any atom is 0.420 e. The van der Waals surface area contributed by atoms with E-state index in [4.69, 9.17) is 14.9 Å². The van der Waals surface area contributed by atoms with Crippen LogP contribution in [-0.4, -0.2) is 40.3 Å². The van der Waals surface area contributed by atoms with Crippen LogP contribution < -0.4 is 4.74 Å². The minimum absolute atomic E-state index is 0.255. The van der Waals surface area contributed by atoms with Crippen LogP contribution in [-0.2, 0) is 41.2 Å². The Kier molecular flexibility index (Phi) is 13.1. The Morgan fingerprint density at radius 1 is 0.612 bits per heavy atom. The molecule has 13 heteroatoms. The second-order valence-corrected chi connectivity index (χ2v) is 13.4. The summed E-state index contributed by atoms with van der Waals surface area (Å²) in [6.45, 7) is -0.862. The predicted octanol–water partition coefficient (Wildman–Crippen LogP) is 9.93. The minimum Gasteiger partial charge on any atom is -0.481 e. The van der Waals surface area contributed by atoms with Gasteiger partial charge in [-0.3, -0.25) is 4.79 Å². The molecule has 0 amide bonds. The van der Waals surface area contributed by atoms with Crippen LogP contribution in [0.15, 0.2) is 94.7 Å². The Hall–Kier alpha value is -4.10. The van der Waals surface area contributed by atoms with Gasteiger partial charge in [-0.05, 0) is 95.3 Å². The van der Waals surface area contributed by atoms with Crippen LogP contribution >= 0.6 is 23.5 Å². The first-order chi connectivity index (χ1) is 23.2. The molecule has 0 aliphatic heterocycles. The van der Waals surface area contributed by atoms with Gasteiger partial charge in [0.05, 0.1) is 17.5 Å². The van der Waals surface area contributed by atoms with Crippen molar-refractivity contribution in [2.24, 2.45) is 0 Å². The fourth-order valence-electron chi connectivity index (χ4n) is 4.97. The number of alkyl halides is 6. The van der Waals surface area contributed by atoms with Gasteiger partial charge in [0.15, 0.2) is 6.61 Å². The van der Waals surface area contributed by atoms with Gasteiger partial charge in [0.1, 0.15) is 5.75 Å². The van der Waals surface area contributed by atoms with Gasteiger partial charge in [0, 0.05) is 9.79 Å². The van der Waals surface area contributed by atoms with Crippen LogP contribution in [0.4, 0.5) is 26.3 Å². The standard InChI is InChI=1S/C36H32F6O5S2/c37-35(38,39)30-20-28(14-13-27(30)19-33(43)44)48-17-1-3-23-5-9-25(10-6-23)26-11-7-24(8-12-26)4-2-18-49-29-15-16-32(47-22-34(45)46)31(21-29)36(40,41)42/h5-16,20-21H,1-4,17-19,22H2,(H,43,44)(H,45,46). The molecule has 0 saturated heterocycles. The number of carbonyl (C=O) groups is 2. The van der Waals surface area contributed by atoms with Gasteiger partial charge < -0.3 is 14.9 Å². The molecule has 2 N–H and O–H groups in total. The SMILES string of the molecule is O=C(O)COc1ccc(SCCCc2ccc(-c3ccc(CCCSc4ccc(CC(=O)O)c(C(F)(F)F)c4)cc3)cc2)cc1C(F)(F)F. The zero-order valence-corrected chi connectivity index (χ0v) is 27.6. The second-order valence-electron chi connectivity index (χ2n) is 11.0. The molecular weight excluding hydrogens is 691 g/mol. The Balaban J connectivity index is 1.22. The topological polar surface area (TPSA) is 83.8 Å². The first kappa shape index (κ1) is 37.7. The van der Waals surface area contributed by atoms with E-state index in [9.17, 15) is 35.9 Å². The molecular formula is C36H32F6O5S2. The third kappa shape index (κ3) is 11.8. The number of ether oxygens (including phenoxy) is 1. The largest absolute Gasteiger partial charge is 0.481 e. The number of carboxylic acid groups (broad SMARTS) is 2. The molecule has 0 spiro atoms. The van der Waals surface area contributed by atoms with Crippen molar-refractivity contribution in [3.05, 3.63) is 113 Å². The lowest BCUT2D eigenvalue weighted by Crippen LogP contribution is -2.14. The highest BCUT2D eigenvalue weighted by Gasteiger charge is 2.35. The fourth-order valence-corrected chi connectivity index (χ4v) is 6.75. The molecule has 0 heterocycles. The zero-order chi connectivity index (χ0) is 35.6. The highest BCUT2D eigenvalue weighted by atomic mass is 32.2. The van der Waals surface area contributed by atoms with Crippen LogP contribution in [0.1, 0.15) is 40.7 Å². The van der Waals surface area contributed by atoms with E-state index in [2.05, 4.69) is 0 Å². The number of hydrogen-bond acceptors (Lipinski definition) is 5. The average molecular weight is 723 g/mol. The molecule has 4 rings (SSSR count). The third-order valence-corrected chi connectivity index (χ3v) is 9.49. The summed E-state index contributed by atoms with van der Waals surface area (Å²) in [4.78, 5) is 22.5. The summed E-state index contributed by atoms with van der Waals surface area (Å²) < 4.78 is 85.4. The maximum atomic E-state index is 13.5. The fraction of sp³-hybridized carbons (Fsp3) is 0.278. The van der Waals surface area contributed by atoms with Crippen LogP contribution in [0.5, 0.6) is 5.75 Å². The molecule has 260 valence electrons. The zero-order valence-electron chi connectivity index (χ0n) is 25.9. The molecule has 0 saturated carbocycles. The van der Waals surface area contributed by atoms with Crippen molar-refractivity contribution in [1.82, 2.24) is 0 Å². The van der Waals surface area contributed by atoms with Crippen molar-refractivity contribution < 1.29 is 50.9 Å². The van der Waals surface area contributed by atoms with E-state index in [1.165, 1.54) is 41.7 Å². The van der Waals surface area contributed by atoms with Crippen molar-refractivity contribution in [2.45, 2.75) is 54.2 Å². The Labute approximate surface area is 287 Å². The summed E-state index contributed by atoms with van der Waals surface area (Å²) in [5.41, 5.74) is 2.05. The lowest BCUT2D eigenvalue weighted by atomic mass is 10.0.